The van der Waals surface area contributed by atoms with Crippen LogP contribution >= 0.6 is 0 Å². The van der Waals surface area contributed by atoms with Crippen molar-refractivity contribution >= 4 is 16.9 Å². The number of piperidine rings is 1. The number of rotatable bonds is 1. The molecule has 1 atom stereocenters. The van der Waals surface area contributed by atoms with Gasteiger partial charge in [-0.25, -0.2) is 14.6 Å². The van der Waals surface area contributed by atoms with Gasteiger partial charge in [0, 0.05) is 6.54 Å². The number of fused-ring (bicyclic) bond motifs is 1. The van der Waals surface area contributed by atoms with Crippen molar-refractivity contribution in [1.82, 2.24) is 25.1 Å². The quantitative estimate of drug-likeness (QED) is 0.754. The van der Waals surface area contributed by atoms with E-state index in [2.05, 4.69) is 20.4 Å². The van der Waals surface area contributed by atoms with Crippen LogP contribution in [0.1, 0.15) is 24.6 Å². The second-order valence-corrected chi connectivity index (χ2v) is 4.49. The number of aromatic nitrogens is 4. The third-order valence-corrected chi connectivity index (χ3v) is 3.31. The predicted molar refractivity (Wildman–Crippen MR) is 65.6 cm³/mol. The highest BCUT2D eigenvalue weighted by Crippen LogP contribution is 2.25. The molecule has 1 unspecified atom stereocenters. The van der Waals surface area contributed by atoms with Crippen molar-refractivity contribution < 1.29 is 0 Å². The predicted octanol–water partition coefficient (Wildman–Crippen LogP) is 0.641. The average molecular weight is 232 g/mol. The Morgan fingerprint density at radius 3 is 3.12 bits per heavy atom. The fraction of sp³-hybridized carbons (Fsp3) is 0.545. The fourth-order valence-corrected chi connectivity index (χ4v) is 2.47. The summed E-state index contributed by atoms with van der Waals surface area (Å²) in [6.07, 6.45) is 3.81. The van der Waals surface area contributed by atoms with Gasteiger partial charge in [0.2, 0.25) is 0 Å². The zero-order chi connectivity index (χ0) is 11.8. The number of nitrogens with zero attached hydrogens (tertiary/aromatic N) is 4. The van der Waals surface area contributed by atoms with Crippen LogP contribution in [0.25, 0.3) is 11.0 Å². The normalized spacial score (nSPS) is 20.9. The van der Waals surface area contributed by atoms with E-state index in [0.717, 1.165) is 36.2 Å². The first kappa shape index (κ1) is 10.5. The van der Waals surface area contributed by atoms with E-state index in [4.69, 9.17) is 5.73 Å². The zero-order valence-corrected chi connectivity index (χ0v) is 9.85. The lowest BCUT2D eigenvalue weighted by Crippen LogP contribution is -2.32. The lowest BCUT2D eigenvalue weighted by atomic mass is 10.1. The molecule has 6 nitrogen and oxygen atoms in total. The van der Waals surface area contributed by atoms with Crippen molar-refractivity contribution in [2.45, 2.75) is 25.8 Å². The first-order valence-electron chi connectivity index (χ1n) is 5.93. The Morgan fingerprint density at radius 1 is 1.47 bits per heavy atom. The summed E-state index contributed by atoms with van der Waals surface area (Å²) in [6.45, 7) is 3.99. The maximum atomic E-state index is 5.88. The Kier molecular flexibility index (Phi) is 2.44. The molecule has 1 aliphatic rings. The van der Waals surface area contributed by atoms with E-state index in [1.165, 1.54) is 12.7 Å². The highest BCUT2D eigenvalue weighted by Gasteiger charge is 2.20. The van der Waals surface area contributed by atoms with Crippen LogP contribution in [0.2, 0.25) is 0 Å². The highest BCUT2D eigenvalue weighted by atomic mass is 15.3. The number of hydrogen-bond acceptors (Lipinski definition) is 5. The Hall–Kier alpha value is -1.69. The van der Waals surface area contributed by atoms with Gasteiger partial charge in [-0.2, -0.15) is 5.10 Å². The molecule has 0 aromatic carbocycles. The summed E-state index contributed by atoms with van der Waals surface area (Å²) in [6, 6.07) is 0.370. The van der Waals surface area contributed by atoms with Crippen molar-refractivity contribution in [3.8, 4) is 0 Å². The van der Waals surface area contributed by atoms with Gasteiger partial charge >= 0.3 is 0 Å². The molecule has 2 aromatic heterocycles. The lowest BCUT2D eigenvalue weighted by Gasteiger charge is -2.23. The van der Waals surface area contributed by atoms with Gasteiger partial charge in [0.15, 0.2) is 5.65 Å². The molecule has 2 aromatic rings. The highest BCUT2D eigenvalue weighted by molar-refractivity contribution is 5.87. The number of nitrogens with one attached hydrogen (secondary N) is 1. The fourth-order valence-electron chi connectivity index (χ4n) is 2.47. The summed E-state index contributed by atoms with van der Waals surface area (Å²) in [7, 11) is 0. The Morgan fingerprint density at radius 2 is 2.35 bits per heavy atom. The van der Waals surface area contributed by atoms with Gasteiger partial charge in [-0.1, -0.05) is 0 Å². The van der Waals surface area contributed by atoms with Gasteiger partial charge in [-0.15, -0.1) is 0 Å². The lowest BCUT2D eigenvalue weighted by molar-refractivity contribution is 0.352. The molecule has 6 heteroatoms. The van der Waals surface area contributed by atoms with Gasteiger partial charge in [-0.3, -0.25) is 0 Å². The van der Waals surface area contributed by atoms with Gasteiger partial charge < -0.3 is 11.1 Å². The molecule has 1 aliphatic heterocycles. The van der Waals surface area contributed by atoms with E-state index in [1.807, 2.05) is 11.6 Å². The van der Waals surface area contributed by atoms with Crippen molar-refractivity contribution in [1.29, 1.82) is 0 Å². The van der Waals surface area contributed by atoms with E-state index >= 15 is 0 Å². The molecule has 0 spiro atoms. The summed E-state index contributed by atoms with van der Waals surface area (Å²) < 4.78 is 1.99. The molecule has 3 heterocycles. The van der Waals surface area contributed by atoms with Crippen LogP contribution in [0.3, 0.4) is 0 Å². The number of nitrogen functional groups attached to an aromatic ring is 1. The molecule has 0 radical (unpaired) electrons. The maximum Gasteiger partial charge on any atom is 0.163 e. The van der Waals surface area contributed by atoms with Gasteiger partial charge in [0.1, 0.15) is 12.1 Å². The van der Waals surface area contributed by atoms with Crippen LogP contribution in [0.4, 0.5) is 5.82 Å². The second kappa shape index (κ2) is 3.96. The first-order chi connectivity index (χ1) is 8.27. The van der Waals surface area contributed by atoms with Crippen LogP contribution in [0.5, 0.6) is 0 Å². The Balaban J connectivity index is 2.13. The van der Waals surface area contributed by atoms with Gasteiger partial charge in [0.05, 0.1) is 17.1 Å². The third kappa shape index (κ3) is 1.64. The Labute approximate surface area is 99.2 Å². The SMILES string of the molecule is Cc1nn(C2CCCNC2)c2ncnc(N)c12. The zero-order valence-electron chi connectivity index (χ0n) is 9.85. The largest absolute Gasteiger partial charge is 0.383 e. The molecule has 90 valence electrons. The molecule has 1 fully saturated rings. The van der Waals surface area contributed by atoms with Crippen LogP contribution < -0.4 is 11.1 Å². The van der Waals surface area contributed by atoms with Crippen molar-refractivity contribution in [3.05, 3.63) is 12.0 Å². The molecular formula is C11H16N6. The summed E-state index contributed by atoms with van der Waals surface area (Å²) in [5.74, 6) is 0.516. The van der Waals surface area contributed by atoms with Crippen molar-refractivity contribution in [3.63, 3.8) is 0 Å². The summed E-state index contributed by atoms with van der Waals surface area (Å²) in [5, 5.41) is 8.84. The van der Waals surface area contributed by atoms with Crippen LogP contribution in [0, 0.1) is 6.92 Å². The number of anilines is 1. The Bertz CT molecular complexity index is 540. The number of aryl methyl sites for hydroxylation is 1. The van der Waals surface area contributed by atoms with Gasteiger partial charge in [0.25, 0.3) is 0 Å². The molecule has 3 rings (SSSR count). The minimum Gasteiger partial charge on any atom is -0.383 e. The topological polar surface area (TPSA) is 81.7 Å². The van der Waals surface area contributed by atoms with Crippen molar-refractivity contribution in [2.75, 3.05) is 18.8 Å². The van der Waals surface area contributed by atoms with E-state index < -0.39 is 0 Å². The minimum atomic E-state index is 0.370. The standard InChI is InChI=1S/C11H16N6/c1-7-9-10(12)14-6-15-11(9)17(16-7)8-3-2-4-13-5-8/h6,8,13H,2-5H2,1H3,(H2,12,14,15). The van der Waals surface area contributed by atoms with E-state index in [9.17, 15) is 0 Å². The van der Waals surface area contributed by atoms with Crippen LogP contribution in [-0.4, -0.2) is 32.8 Å². The average Bonchev–Trinajstić information content (AvgIpc) is 2.69. The summed E-state index contributed by atoms with van der Waals surface area (Å²) >= 11 is 0. The molecular weight excluding hydrogens is 216 g/mol. The third-order valence-electron chi connectivity index (χ3n) is 3.31. The summed E-state index contributed by atoms with van der Waals surface area (Å²) in [5.41, 5.74) is 7.64. The molecule has 3 N–H and O–H groups in total. The molecule has 0 saturated carbocycles. The molecule has 0 bridgehead atoms. The van der Waals surface area contributed by atoms with E-state index in [-0.39, 0.29) is 0 Å². The number of nitrogens with two attached hydrogens (primary N) is 1. The minimum absolute atomic E-state index is 0.370. The van der Waals surface area contributed by atoms with Gasteiger partial charge in [-0.05, 0) is 26.3 Å². The molecule has 0 aliphatic carbocycles. The summed E-state index contributed by atoms with van der Waals surface area (Å²) in [4.78, 5) is 8.34. The first-order valence-corrected chi connectivity index (χ1v) is 5.93. The van der Waals surface area contributed by atoms with E-state index in [1.54, 1.807) is 0 Å². The van der Waals surface area contributed by atoms with Crippen LogP contribution in [-0.2, 0) is 0 Å². The monoisotopic (exact) mass is 232 g/mol. The smallest absolute Gasteiger partial charge is 0.163 e. The van der Waals surface area contributed by atoms with E-state index in [0.29, 0.717) is 11.9 Å². The van der Waals surface area contributed by atoms with Crippen molar-refractivity contribution in [2.24, 2.45) is 0 Å². The molecule has 0 amide bonds. The number of hydrogen-bond donors (Lipinski definition) is 2. The maximum absolute atomic E-state index is 5.88. The van der Waals surface area contributed by atoms with Crippen LogP contribution in [0.15, 0.2) is 6.33 Å². The molecule has 1 saturated heterocycles. The molecule has 17 heavy (non-hydrogen) atoms. The second-order valence-electron chi connectivity index (χ2n) is 4.49.